The number of rotatable bonds is 6. The number of aliphatic imine (C=N–C) groups is 1. The molecule has 0 unspecified atom stereocenters. The minimum absolute atomic E-state index is 0.0790. The lowest BCUT2D eigenvalue weighted by molar-refractivity contribution is -0.384. The Kier molecular flexibility index (Phi) is 5.19. The van der Waals surface area contributed by atoms with Crippen LogP contribution in [0.5, 0.6) is 11.5 Å². The van der Waals surface area contributed by atoms with Gasteiger partial charge in [-0.05, 0) is 30.3 Å². The number of nitro benzene ring substituents is 1. The summed E-state index contributed by atoms with van der Waals surface area (Å²) in [6.45, 7) is -3.04. The van der Waals surface area contributed by atoms with Gasteiger partial charge in [0.15, 0.2) is 0 Å². The summed E-state index contributed by atoms with van der Waals surface area (Å²) in [5.41, 5.74) is 0.360. The Hall–Kier alpha value is -3.03. The van der Waals surface area contributed by atoms with Crippen molar-refractivity contribution in [1.29, 1.82) is 0 Å². The standard InChI is InChI=1S/C15H12F2N2O4/c1-22-13-5-2-11(3-6-13)18-9-10-8-12(19(20)21)4-7-14(10)23-15(16)17/h2-9,15H,1H3/b18-9+. The molecule has 2 aromatic carbocycles. The molecule has 8 heteroatoms. The molecule has 23 heavy (non-hydrogen) atoms. The number of hydrogen-bond acceptors (Lipinski definition) is 5. The van der Waals surface area contributed by atoms with Gasteiger partial charge in [-0.25, -0.2) is 0 Å². The maximum absolute atomic E-state index is 12.4. The van der Waals surface area contributed by atoms with Crippen LogP contribution in [0, 0.1) is 10.1 Å². The summed E-state index contributed by atoms with van der Waals surface area (Å²) >= 11 is 0. The molecule has 2 rings (SSSR count). The molecule has 120 valence electrons. The van der Waals surface area contributed by atoms with Crippen molar-refractivity contribution in [2.24, 2.45) is 4.99 Å². The van der Waals surface area contributed by atoms with Crippen LogP contribution in [0.4, 0.5) is 20.2 Å². The van der Waals surface area contributed by atoms with Crippen LogP contribution in [0.3, 0.4) is 0 Å². The average molecular weight is 322 g/mol. The SMILES string of the molecule is COc1ccc(/N=C/c2cc([N+](=O)[O-])ccc2OC(F)F)cc1. The van der Waals surface area contributed by atoms with Crippen molar-refractivity contribution in [2.75, 3.05) is 7.11 Å². The average Bonchev–Trinajstić information content (AvgIpc) is 2.53. The van der Waals surface area contributed by atoms with Crippen molar-refractivity contribution >= 4 is 17.6 Å². The molecule has 0 bridgehead atoms. The first-order valence-corrected chi connectivity index (χ1v) is 6.41. The first kappa shape index (κ1) is 16.3. The molecular formula is C15H12F2N2O4. The van der Waals surface area contributed by atoms with Gasteiger partial charge in [-0.3, -0.25) is 15.1 Å². The number of nitrogens with zero attached hydrogens (tertiary/aromatic N) is 2. The molecule has 0 aliphatic rings. The summed E-state index contributed by atoms with van der Waals surface area (Å²) < 4.78 is 34.1. The summed E-state index contributed by atoms with van der Waals surface area (Å²) in [4.78, 5) is 14.3. The van der Waals surface area contributed by atoms with Gasteiger partial charge in [0.25, 0.3) is 5.69 Å². The summed E-state index contributed by atoms with van der Waals surface area (Å²) in [7, 11) is 1.52. The van der Waals surface area contributed by atoms with Crippen LogP contribution in [0.1, 0.15) is 5.56 Å². The predicted molar refractivity (Wildman–Crippen MR) is 80.0 cm³/mol. The number of halogens is 2. The first-order chi connectivity index (χ1) is 11.0. The predicted octanol–water partition coefficient (Wildman–Crippen LogP) is 3.96. The highest BCUT2D eigenvalue weighted by Gasteiger charge is 2.13. The fraction of sp³-hybridized carbons (Fsp3) is 0.133. The highest BCUT2D eigenvalue weighted by Crippen LogP contribution is 2.25. The van der Waals surface area contributed by atoms with Crippen molar-refractivity contribution in [1.82, 2.24) is 0 Å². The van der Waals surface area contributed by atoms with E-state index in [0.717, 1.165) is 18.2 Å². The molecule has 6 nitrogen and oxygen atoms in total. The second kappa shape index (κ2) is 7.30. The molecule has 0 aliphatic carbocycles. The van der Waals surface area contributed by atoms with Gasteiger partial charge >= 0.3 is 6.61 Å². The van der Waals surface area contributed by atoms with Crippen LogP contribution in [0.15, 0.2) is 47.5 Å². The molecule has 0 radical (unpaired) electrons. The monoisotopic (exact) mass is 322 g/mol. The van der Waals surface area contributed by atoms with Crippen molar-refractivity contribution in [3.8, 4) is 11.5 Å². The van der Waals surface area contributed by atoms with E-state index in [4.69, 9.17) is 4.74 Å². The van der Waals surface area contributed by atoms with Crippen LogP contribution in [-0.2, 0) is 0 Å². The summed E-state index contributed by atoms with van der Waals surface area (Å²) in [6.07, 6.45) is 1.23. The van der Waals surface area contributed by atoms with Gasteiger partial charge in [-0.15, -0.1) is 0 Å². The zero-order valence-electron chi connectivity index (χ0n) is 12.0. The number of benzene rings is 2. The maximum atomic E-state index is 12.4. The molecular weight excluding hydrogens is 310 g/mol. The van der Waals surface area contributed by atoms with E-state index in [0.29, 0.717) is 11.4 Å². The molecule has 0 saturated carbocycles. The third-order valence-electron chi connectivity index (χ3n) is 2.85. The number of non-ortho nitro benzene ring substituents is 1. The zero-order chi connectivity index (χ0) is 16.8. The van der Waals surface area contributed by atoms with Gasteiger partial charge < -0.3 is 9.47 Å². The molecule has 0 heterocycles. The lowest BCUT2D eigenvalue weighted by Crippen LogP contribution is -2.04. The number of alkyl halides is 2. The molecule has 0 N–H and O–H groups in total. The number of nitro groups is 1. The van der Waals surface area contributed by atoms with E-state index in [1.807, 2.05) is 0 Å². The van der Waals surface area contributed by atoms with Crippen molar-refractivity contribution in [2.45, 2.75) is 6.61 Å². The van der Waals surface area contributed by atoms with Crippen LogP contribution in [0.25, 0.3) is 0 Å². The van der Waals surface area contributed by atoms with Gasteiger partial charge in [0.05, 0.1) is 17.7 Å². The van der Waals surface area contributed by atoms with E-state index < -0.39 is 11.5 Å². The molecule has 0 fully saturated rings. The highest BCUT2D eigenvalue weighted by atomic mass is 19.3. The van der Waals surface area contributed by atoms with Crippen LogP contribution >= 0.6 is 0 Å². The van der Waals surface area contributed by atoms with E-state index in [1.54, 1.807) is 24.3 Å². The smallest absolute Gasteiger partial charge is 0.387 e. The normalized spacial score (nSPS) is 11.0. The first-order valence-electron chi connectivity index (χ1n) is 6.41. The van der Waals surface area contributed by atoms with Crippen molar-refractivity contribution < 1.29 is 23.2 Å². The molecule has 2 aromatic rings. The summed E-state index contributed by atoms with van der Waals surface area (Å²) in [6, 6.07) is 9.97. The fourth-order valence-electron chi connectivity index (χ4n) is 1.77. The maximum Gasteiger partial charge on any atom is 0.387 e. The van der Waals surface area contributed by atoms with E-state index in [2.05, 4.69) is 9.73 Å². The Balaban J connectivity index is 2.32. The molecule has 0 atom stereocenters. The number of methoxy groups -OCH3 is 1. The minimum atomic E-state index is -3.04. The van der Waals surface area contributed by atoms with E-state index in [1.165, 1.54) is 13.3 Å². The topological polar surface area (TPSA) is 74.0 Å². The third-order valence-corrected chi connectivity index (χ3v) is 2.85. The Morgan fingerprint density at radius 3 is 2.48 bits per heavy atom. The van der Waals surface area contributed by atoms with Crippen LogP contribution < -0.4 is 9.47 Å². The molecule has 0 aromatic heterocycles. The molecule has 0 aliphatic heterocycles. The third kappa shape index (κ3) is 4.47. The zero-order valence-corrected chi connectivity index (χ0v) is 12.0. The second-order valence-corrected chi connectivity index (χ2v) is 4.31. The lowest BCUT2D eigenvalue weighted by Gasteiger charge is -2.07. The second-order valence-electron chi connectivity index (χ2n) is 4.31. The van der Waals surface area contributed by atoms with Gasteiger partial charge in [0.2, 0.25) is 0 Å². The van der Waals surface area contributed by atoms with Crippen molar-refractivity contribution in [3.63, 3.8) is 0 Å². The van der Waals surface area contributed by atoms with Gasteiger partial charge in [0.1, 0.15) is 11.5 Å². The molecule has 0 saturated heterocycles. The Labute approximate surface area is 130 Å². The van der Waals surface area contributed by atoms with E-state index >= 15 is 0 Å². The number of ether oxygens (including phenoxy) is 2. The fourth-order valence-corrected chi connectivity index (χ4v) is 1.77. The van der Waals surface area contributed by atoms with Gasteiger partial charge in [0, 0.05) is 23.9 Å². The molecule has 0 spiro atoms. The van der Waals surface area contributed by atoms with Crippen LogP contribution in [-0.4, -0.2) is 24.9 Å². The van der Waals surface area contributed by atoms with Gasteiger partial charge in [-0.2, -0.15) is 8.78 Å². The largest absolute Gasteiger partial charge is 0.497 e. The highest BCUT2D eigenvalue weighted by molar-refractivity contribution is 5.86. The Morgan fingerprint density at radius 2 is 1.91 bits per heavy atom. The summed E-state index contributed by atoms with van der Waals surface area (Å²) in [5, 5.41) is 10.8. The molecule has 0 amide bonds. The Morgan fingerprint density at radius 1 is 1.22 bits per heavy atom. The van der Waals surface area contributed by atoms with Gasteiger partial charge in [-0.1, -0.05) is 0 Å². The quantitative estimate of drug-likeness (QED) is 0.458. The minimum Gasteiger partial charge on any atom is -0.497 e. The number of hydrogen-bond donors (Lipinski definition) is 0. The van der Waals surface area contributed by atoms with Crippen LogP contribution in [0.2, 0.25) is 0 Å². The van der Waals surface area contributed by atoms with Crippen molar-refractivity contribution in [3.05, 3.63) is 58.1 Å². The summed E-state index contributed by atoms with van der Waals surface area (Å²) in [5.74, 6) is 0.448. The van der Waals surface area contributed by atoms with E-state index in [-0.39, 0.29) is 17.0 Å². The Bertz CT molecular complexity index is 718. The lowest BCUT2D eigenvalue weighted by atomic mass is 10.2. The van der Waals surface area contributed by atoms with E-state index in [9.17, 15) is 18.9 Å².